The maximum atomic E-state index is 12.4. The van der Waals surface area contributed by atoms with Gasteiger partial charge in [-0.15, -0.1) is 0 Å². The number of aromatic hydroxyl groups is 1. The van der Waals surface area contributed by atoms with Crippen LogP contribution in [0, 0.1) is 6.92 Å². The average molecular weight is 302 g/mol. The highest BCUT2D eigenvalue weighted by molar-refractivity contribution is 6.06. The Morgan fingerprint density at radius 1 is 1.36 bits per heavy atom. The first-order chi connectivity index (χ1) is 10.5. The number of aromatic nitrogens is 1. The number of H-pyrrole nitrogens is 1. The molecule has 22 heavy (non-hydrogen) atoms. The Bertz CT molecular complexity index is 719. The van der Waals surface area contributed by atoms with Crippen LogP contribution in [0.3, 0.4) is 0 Å². The number of rotatable bonds is 4. The number of benzene rings is 1. The highest BCUT2D eigenvalue weighted by atomic mass is 16.5. The molecular weight excluding hydrogens is 284 g/mol. The summed E-state index contributed by atoms with van der Waals surface area (Å²) in [6, 6.07) is 6.25. The summed E-state index contributed by atoms with van der Waals surface area (Å²) in [6.07, 6.45) is 0.574. The van der Waals surface area contributed by atoms with E-state index in [1.165, 1.54) is 19.2 Å². The number of aryl methyl sites for hydroxylation is 1. The summed E-state index contributed by atoms with van der Waals surface area (Å²) < 4.78 is 4.76. The lowest BCUT2D eigenvalue weighted by atomic mass is 10.1. The van der Waals surface area contributed by atoms with Crippen molar-refractivity contribution in [1.29, 1.82) is 0 Å². The van der Waals surface area contributed by atoms with Crippen molar-refractivity contribution in [3.8, 4) is 5.75 Å². The number of hydrogen-bond donors (Lipinski definition) is 3. The number of esters is 1. The predicted molar refractivity (Wildman–Crippen MR) is 82.3 cm³/mol. The molecule has 1 aromatic carbocycles. The molecule has 0 saturated heterocycles. The van der Waals surface area contributed by atoms with Gasteiger partial charge in [-0.2, -0.15) is 0 Å². The van der Waals surface area contributed by atoms with Gasteiger partial charge in [0.05, 0.1) is 12.7 Å². The van der Waals surface area contributed by atoms with Crippen LogP contribution < -0.4 is 5.32 Å². The number of methoxy groups -OCH3 is 1. The first kappa shape index (κ1) is 15.6. The Morgan fingerprint density at radius 3 is 2.68 bits per heavy atom. The molecule has 6 nitrogen and oxygen atoms in total. The van der Waals surface area contributed by atoms with Gasteiger partial charge < -0.3 is 20.1 Å². The molecule has 0 radical (unpaired) electrons. The Hall–Kier alpha value is -2.76. The smallest absolute Gasteiger partial charge is 0.339 e. The summed E-state index contributed by atoms with van der Waals surface area (Å²) in [6.45, 7) is 3.58. The molecule has 1 aromatic heterocycles. The maximum Gasteiger partial charge on any atom is 0.339 e. The third kappa shape index (κ3) is 2.95. The van der Waals surface area contributed by atoms with E-state index >= 15 is 0 Å². The monoisotopic (exact) mass is 302 g/mol. The van der Waals surface area contributed by atoms with Crippen LogP contribution in [-0.4, -0.2) is 29.1 Å². The number of aromatic amines is 1. The fourth-order valence-corrected chi connectivity index (χ4v) is 2.31. The van der Waals surface area contributed by atoms with Crippen molar-refractivity contribution in [3.63, 3.8) is 0 Å². The van der Waals surface area contributed by atoms with Crippen LogP contribution in [0.4, 0.5) is 5.69 Å². The molecule has 2 aromatic rings. The zero-order valence-corrected chi connectivity index (χ0v) is 12.7. The number of amides is 1. The van der Waals surface area contributed by atoms with E-state index in [2.05, 4.69) is 10.3 Å². The molecule has 0 aliphatic heterocycles. The van der Waals surface area contributed by atoms with Gasteiger partial charge in [0.2, 0.25) is 0 Å². The highest BCUT2D eigenvalue weighted by Crippen LogP contribution is 2.22. The standard InChI is InChI=1S/C16H18N2O4/c1-4-12-13(16(21)22-3)9(2)14(18-12)15(20)17-10-6-5-7-11(19)8-10/h5-8,18-19H,4H2,1-3H3,(H,17,20). The molecule has 0 unspecified atom stereocenters. The van der Waals surface area contributed by atoms with Crippen molar-refractivity contribution < 1.29 is 19.4 Å². The second-order valence-corrected chi connectivity index (χ2v) is 4.83. The Kier molecular flexibility index (Phi) is 4.50. The van der Waals surface area contributed by atoms with Crippen LogP contribution in [0.15, 0.2) is 24.3 Å². The van der Waals surface area contributed by atoms with Gasteiger partial charge in [-0.05, 0) is 31.0 Å². The minimum Gasteiger partial charge on any atom is -0.508 e. The number of phenols is 1. The zero-order chi connectivity index (χ0) is 16.3. The van der Waals surface area contributed by atoms with Crippen LogP contribution in [0.5, 0.6) is 5.75 Å². The zero-order valence-electron chi connectivity index (χ0n) is 12.7. The average Bonchev–Trinajstić information content (AvgIpc) is 2.83. The molecule has 1 amide bonds. The molecule has 0 bridgehead atoms. The van der Waals surface area contributed by atoms with Crippen LogP contribution >= 0.6 is 0 Å². The third-order valence-corrected chi connectivity index (χ3v) is 3.40. The highest BCUT2D eigenvalue weighted by Gasteiger charge is 2.23. The van der Waals surface area contributed by atoms with Gasteiger partial charge in [-0.3, -0.25) is 4.79 Å². The second-order valence-electron chi connectivity index (χ2n) is 4.83. The number of carbonyl (C=O) groups is 2. The lowest BCUT2D eigenvalue weighted by Crippen LogP contribution is -2.14. The van der Waals surface area contributed by atoms with E-state index in [1.807, 2.05) is 6.92 Å². The lowest BCUT2D eigenvalue weighted by molar-refractivity contribution is 0.0599. The Labute approximate surface area is 128 Å². The van der Waals surface area contributed by atoms with Crippen molar-refractivity contribution in [1.82, 2.24) is 4.98 Å². The quantitative estimate of drug-likeness (QED) is 0.757. The molecule has 0 spiro atoms. The van der Waals surface area contributed by atoms with E-state index in [-0.39, 0.29) is 11.7 Å². The van der Waals surface area contributed by atoms with Gasteiger partial charge in [0.1, 0.15) is 11.4 Å². The summed E-state index contributed by atoms with van der Waals surface area (Å²) >= 11 is 0. The minimum absolute atomic E-state index is 0.0607. The number of ether oxygens (including phenoxy) is 1. The first-order valence-corrected chi connectivity index (χ1v) is 6.88. The van der Waals surface area contributed by atoms with Crippen LogP contribution in [-0.2, 0) is 11.2 Å². The number of phenolic OH excluding ortho intramolecular Hbond substituents is 1. The fourth-order valence-electron chi connectivity index (χ4n) is 2.31. The number of carbonyl (C=O) groups excluding carboxylic acids is 2. The van der Waals surface area contributed by atoms with Crippen molar-refractivity contribution in [3.05, 3.63) is 46.8 Å². The van der Waals surface area contributed by atoms with E-state index in [4.69, 9.17) is 4.74 Å². The predicted octanol–water partition coefficient (Wildman–Crippen LogP) is 2.63. The molecule has 1 heterocycles. The second kappa shape index (κ2) is 6.34. The lowest BCUT2D eigenvalue weighted by Gasteiger charge is -2.05. The number of anilines is 1. The first-order valence-electron chi connectivity index (χ1n) is 6.88. The molecule has 6 heteroatoms. The Balaban J connectivity index is 2.34. The third-order valence-electron chi connectivity index (χ3n) is 3.40. The summed E-state index contributed by atoms with van der Waals surface area (Å²) in [5, 5.41) is 12.1. The fraction of sp³-hybridized carbons (Fsp3) is 0.250. The van der Waals surface area contributed by atoms with Gasteiger partial charge in [0.25, 0.3) is 5.91 Å². The van der Waals surface area contributed by atoms with E-state index in [1.54, 1.807) is 19.1 Å². The van der Waals surface area contributed by atoms with Crippen molar-refractivity contribution in [2.45, 2.75) is 20.3 Å². The topological polar surface area (TPSA) is 91.4 Å². The van der Waals surface area contributed by atoms with Gasteiger partial charge in [-0.1, -0.05) is 13.0 Å². The minimum atomic E-state index is -0.470. The molecule has 116 valence electrons. The molecule has 0 fully saturated rings. The molecular formula is C16H18N2O4. The summed E-state index contributed by atoms with van der Waals surface area (Å²) in [5.41, 5.74) is 2.37. The number of hydrogen-bond acceptors (Lipinski definition) is 4. The van der Waals surface area contributed by atoms with Crippen LogP contribution in [0.2, 0.25) is 0 Å². The summed E-state index contributed by atoms with van der Waals surface area (Å²) in [4.78, 5) is 27.2. The van der Waals surface area contributed by atoms with E-state index in [0.717, 1.165) is 0 Å². The van der Waals surface area contributed by atoms with Gasteiger partial charge in [-0.25, -0.2) is 4.79 Å². The number of nitrogens with one attached hydrogen (secondary N) is 2. The van der Waals surface area contributed by atoms with E-state index in [0.29, 0.717) is 34.6 Å². The van der Waals surface area contributed by atoms with E-state index in [9.17, 15) is 14.7 Å². The Morgan fingerprint density at radius 2 is 2.09 bits per heavy atom. The summed E-state index contributed by atoms with van der Waals surface area (Å²) in [7, 11) is 1.31. The largest absolute Gasteiger partial charge is 0.508 e. The molecule has 0 aliphatic rings. The SMILES string of the molecule is CCc1[nH]c(C(=O)Nc2cccc(O)c2)c(C)c1C(=O)OC. The summed E-state index contributed by atoms with van der Waals surface area (Å²) in [5.74, 6) is -0.791. The van der Waals surface area contributed by atoms with Crippen LogP contribution in [0.1, 0.15) is 39.0 Å². The van der Waals surface area contributed by atoms with Crippen molar-refractivity contribution >= 4 is 17.6 Å². The molecule has 3 N–H and O–H groups in total. The van der Waals surface area contributed by atoms with E-state index < -0.39 is 5.97 Å². The van der Waals surface area contributed by atoms with Crippen molar-refractivity contribution in [2.24, 2.45) is 0 Å². The molecule has 0 saturated carbocycles. The molecule has 0 aliphatic carbocycles. The molecule has 2 rings (SSSR count). The van der Waals surface area contributed by atoms with Gasteiger partial charge in [0.15, 0.2) is 0 Å². The van der Waals surface area contributed by atoms with Crippen molar-refractivity contribution in [2.75, 3.05) is 12.4 Å². The maximum absolute atomic E-state index is 12.4. The van der Waals surface area contributed by atoms with Gasteiger partial charge >= 0.3 is 5.97 Å². The molecule has 0 atom stereocenters. The van der Waals surface area contributed by atoms with Gasteiger partial charge in [0, 0.05) is 17.4 Å². The van der Waals surface area contributed by atoms with Crippen LogP contribution in [0.25, 0.3) is 0 Å². The normalized spacial score (nSPS) is 10.3.